The quantitative estimate of drug-likeness (QED) is 0.711. The Morgan fingerprint density at radius 2 is 2.21 bits per heavy atom. The van der Waals surface area contributed by atoms with Gasteiger partial charge in [-0.2, -0.15) is 0 Å². The van der Waals surface area contributed by atoms with Crippen molar-refractivity contribution in [1.29, 1.82) is 0 Å². The fourth-order valence-electron chi connectivity index (χ4n) is 3.94. The largest absolute Gasteiger partial charge is 0.494 e. The van der Waals surface area contributed by atoms with Gasteiger partial charge in [-0.05, 0) is 61.1 Å². The molecule has 2 aliphatic rings. The van der Waals surface area contributed by atoms with Gasteiger partial charge >= 0.3 is 0 Å². The van der Waals surface area contributed by atoms with Crippen LogP contribution in [0.2, 0.25) is 0 Å². The average Bonchev–Trinajstić information content (AvgIpc) is 3.00. The van der Waals surface area contributed by atoms with Crippen molar-refractivity contribution in [3.8, 4) is 5.75 Å². The Balaban J connectivity index is 1.67. The van der Waals surface area contributed by atoms with Gasteiger partial charge in [0.15, 0.2) is 11.6 Å². The Labute approximate surface area is 119 Å². The van der Waals surface area contributed by atoms with Crippen LogP contribution in [0.3, 0.4) is 0 Å². The van der Waals surface area contributed by atoms with Gasteiger partial charge in [-0.1, -0.05) is 12.5 Å². The predicted molar refractivity (Wildman–Crippen MR) is 75.1 cm³/mol. The van der Waals surface area contributed by atoms with Gasteiger partial charge in [0.05, 0.1) is 12.5 Å². The number of benzene rings is 1. The Kier molecular flexibility index (Phi) is 3.70. The monoisotopic (exact) mass is 282 g/mol. The first-order valence-corrected chi connectivity index (χ1v) is 7.58. The predicted octanol–water partition coefficient (Wildman–Crippen LogP) is 4.94. The van der Waals surface area contributed by atoms with E-state index < -0.39 is 0 Å². The standard InChI is InChI=1S/C16H20ClFO/c1-19-16-5-4-12(9-15(16)18)14(17)8-13-7-10-2-3-11(13)6-10/h4-5,9-11,13-14H,2-3,6-8H2,1H3. The molecule has 1 aromatic rings. The summed E-state index contributed by atoms with van der Waals surface area (Å²) in [5.74, 6) is 2.51. The first-order valence-electron chi connectivity index (χ1n) is 7.15. The lowest BCUT2D eigenvalue weighted by Gasteiger charge is -2.24. The van der Waals surface area contributed by atoms with Crippen molar-refractivity contribution in [3.63, 3.8) is 0 Å². The van der Waals surface area contributed by atoms with Crippen molar-refractivity contribution in [3.05, 3.63) is 29.6 Å². The molecule has 2 saturated carbocycles. The van der Waals surface area contributed by atoms with Crippen molar-refractivity contribution < 1.29 is 9.13 Å². The number of halogens is 2. The summed E-state index contributed by atoms with van der Waals surface area (Å²) >= 11 is 6.48. The number of alkyl halides is 1. The van der Waals surface area contributed by atoms with Crippen LogP contribution in [0.15, 0.2) is 18.2 Å². The molecule has 3 heteroatoms. The lowest BCUT2D eigenvalue weighted by atomic mass is 9.84. The molecule has 0 aliphatic heterocycles. The van der Waals surface area contributed by atoms with Crippen molar-refractivity contribution in [2.45, 2.75) is 37.5 Å². The van der Waals surface area contributed by atoms with E-state index in [1.807, 2.05) is 6.07 Å². The van der Waals surface area contributed by atoms with Crippen LogP contribution in [0.1, 0.15) is 43.0 Å². The third kappa shape index (κ3) is 2.60. The minimum Gasteiger partial charge on any atom is -0.494 e. The zero-order valence-electron chi connectivity index (χ0n) is 11.2. The van der Waals surface area contributed by atoms with E-state index in [9.17, 15) is 4.39 Å². The number of rotatable bonds is 4. The first-order chi connectivity index (χ1) is 9.17. The van der Waals surface area contributed by atoms with Gasteiger partial charge in [0.2, 0.25) is 0 Å². The van der Waals surface area contributed by atoms with E-state index >= 15 is 0 Å². The molecule has 2 bridgehead atoms. The Bertz CT molecular complexity index is 462. The normalized spacial score (nSPS) is 30.6. The smallest absolute Gasteiger partial charge is 0.165 e. The molecule has 1 aromatic carbocycles. The fourth-order valence-corrected chi connectivity index (χ4v) is 4.31. The molecule has 0 N–H and O–H groups in total. The van der Waals surface area contributed by atoms with E-state index in [-0.39, 0.29) is 16.9 Å². The molecule has 2 fully saturated rings. The van der Waals surface area contributed by atoms with Gasteiger partial charge in [-0.25, -0.2) is 4.39 Å². The number of ether oxygens (including phenoxy) is 1. The van der Waals surface area contributed by atoms with Crippen LogP contribution < -0.4 is 4.74 Å². The summed E-state index contributed by atoms with van der Waals surface area (Å²) in [7, 11) is 1.48. The summed E-state index contributed by atoms with van der Waals surface area (Å²) in [6.07, 6.45) is 6.48. The van der Waals surface area contributed by atoms with E-state index in [0.717, 1.165) is 29.7 Å². The second-order valence-electron chi connectivity index (χ2n) is 6.03. The Morgan fingerprint density at radius 1 is 1.37 bits per heavy atom. The van der Waals surface area contributed by atoms with Gasteiger partial charge in [-0.3, -0.25) is 0 Å². The zero-order valence-corrected chi connectivity index (χ0v) is 12.0. The molecule has 1 nitrogen and oxygen atoms in total. The summed E-state index contributed by atoms with van der Waals surface area (Å²) in [5.41, 5.74) is 0.878. The van der Waals surface area contributed by atoms with E-state index in [2.05, 4.69) is 0 Å². The molecule has 19 heavy (non-hydrogen) atoms. The van der Waals surface area contributed by atoms with Crippen molar-refractivity contribution in [2.24, 2.45) is 17.8 Å². The van der Waals surface area contributed by atoms with E-state index in [1.165, 1.54) is 38.9 Å². The lowest BCUT2D eigenvalue weighted by molar-refractivity contribution is 0.311. The van der Waals surface area contributed by atoms with Crippen LogP contribution in [0, 0.1) is 23.6 Å². The minimum atomic E-state index is -0.321. The highest BCUT2D eigenvalue weighted by molar-refractivity contribution is 6.20. The highest BCUT2D eigenvalue weighted by Crippen LogP contribution is 2.51. The molecule has 4 unspecified atom stereocenters. The molecule has 4 atom stereocenters. The SMILES string of the molecule is COc1ccc(C(Cl)CC2CC3CCC2C3)cc1F. The minimum absolute atomic E-state index is 0.0789. The maximum absolute atomic E-state index is 13.7. The third-order valence-electron chi connectivity index (χ3n) is 4.93. The molecule has 0 spiro atoms. The van der Waals surface area contributed by atoms with Crippen LogP contribution in [0.5, 0.6) is 5.75 Å². The number of hydrogen-bond donors (Lipinski definition) is 0. The zero-order chi connectivity index (χ0) is 13.4. The van der Waals surface area contributed by atoms with E-state index in [1.54, 1.807) is 6.07 Å². The first kappa shape index (κ1) is 13.2. The van der Waals surface area contributed by atoms with Crippen LogP contribution >= 0.6 is 11.6 Å². The van der Waals surface area contributed by atoms with Gasteiger partial charge in [0, 0.05) is 0 Å². The number of methoxy groups -OCH3 is 1. The van der Waals surface area contributed by atoms with Gasteiger partial charge in [0.1, 0.15) is 0 Å². The number of fused-ring (bicyclic) bond motifs is 2. The van der Waals surface area contributed by atoms with Gasteiger partial charge in [-0.15, -0.1) is 11.6 Å². The maximum atomic E-state index is 13.7. The summed E-state index contributed by atoms with van der Waals surface area (Å²) < 4.78 is 18.6. The Hall–Kier alpha value is -0.760. The summed E-state index contributed by atoms with van der Waals surface area (Å²) in [6.45, 7) is 0. The number of hydrogen-bond acceptors (Lipinski definition) is 1. The van der Waals surface area contributed by atoms with Crippen molar-refractivity contribution >= 4 is 11.6 Å². The highest BCUT2D eigenvalue weighted by atomic mass is 35.5. The molecular weight excluding hydrogens is 263 g/mol. The molecular formula is C16H20ClFO. The topological polar surface area (TPSA) is 9.23 Å². The van der Waals surface area contributed by atoms with Crippen molar-refractivity contribution in [2.75, 3.05) is 7.11 Å². The second kappa shape index (κ2) is 5.32. The second-order valence-corrected chi connectivity index (χ2v) is 6.56. The summed E-state index contributed by atoms with van der Waals surface area (Å²) in [5, 5.41) is -0.0789. The molecule has 3 rings (SSSR count). The van der Waals surface area contributed by atoms with Crippen molar-refractivity contribution in [1.82, 2.24) is 0 Å². The van der Waals surface area contributed by atoms with Crippen LogP contribution in [0.4, 0.5) is 4.39 Å². The van der Waals surface area contributed by atoms with E-state index in [0.29, 0.717) is 0 Å². The van der Waals surface area contributed by atoms with Crippen LogP contribution in [-0.4, -0.2) is 7.11 Å². The molecule has 0 radical (unpaired) electrons. The van der Waals surface area contributed by atoms with Crippen LogP contribution in [-0.2, 0) is 0 Å². The highest BCUT2D eigenvalue weighted by Gasteiger charge is 2.40. The Morgan fingerprint density at radius 3 is 2.79 bits per heavy atom. The maximum Gasteiger partial charge on any atom is 0.165 e. The summed E-state index contributed by atoms with van der Waals surface area (Å²) in [6, 6.07) is 5.07. The average molecular weight is 283 g/mol. The van der Waals surface area contributed by atoms with Gasteiger partial charge < -0.3 is 4.74 Å². The third-order valence-corrected chi connectivity index (χ3v) is 5.36. The molecule has 0 saturated heterocycles. The van der Waals surface area contributed by atoms with Gasteiger partial charge in [0.25, 0.3) is 0 Å². The summed E-state index contributed by atoms with van der Waals surface area (Å²) in [4.78, 5) is 0. The molecule has 0 aromatic heterocycles. The van der Waals surface area contributed by atoms with Crippen LogP contribution in [0.25, 0.3) is 0 Å². The fraction of sp³-hybridized carbons (Fsp3) is 0.625. The molecule has 104 valence electrons. The molecule has 2 aliphatic carbocycles. The van der Waals surface area contributed by atoms with E-state index in [4.69, 9.17) is 16.3 Å². The molecule has 0 heterocycles. The molecule has 0 amide bonds. The lowest BCUT2D eigenvalue weighted by Crippen LogP contribution is -2.12.